The molecule has 56 valence electrons. The van der Waals surface area contributed by atoms with Crippen molar-refractivity contribution in [1.29, 1.82) is 0 Å². The molecule has 1 unspecified atom stereocenters. The molecule has 0 bridgehead atoms. The molecule has 2 fully saturated rings. The zero-order valence-corrected chi connectivity index (χ0v) is 5.88. The van der Waals surface area contributed by atoms with Crippen molar-refractivity contribution in [2.45, 2.75) is 25.5 Å². The minimum Gasteiger partial charge on any atom is -0.358 e. The Labute approximate surface area is 60.0 Å². The maximum atomic E-state index is 11.1. The van der Waals surface area contributed by atoms with E-state index in [0.717, 1.165) is 32.4 Å². The second-order valence-corrected chi connectivity index (χ2v) is 2.80. The van der Waals surface area contributed by atoms with Crippen molar-refractivity contribution >= 4 is 5.91 Å². The zero-order chi connectivity index (χ0) is 6.97. The SMILES string of the molecule is O=C1CCCN1C1CCO1. The topological polar surface area (TPSA) is 29.5 Å². The first-order valence-corrected chi connectivity index (χ1v) is 3.79. The predicted octanol–water partition coefficient (Wildman–Crippen LogP) is 0.355. The van der Waals surface area contributed by atoms with Gasteiger partial charge in [-0.25, -0.2) is 0 Å². The molecule has 1 amide bonds. The summed E-state index contributed by atoms with van der Waals surface area (Å²) in [6.45, 7) is 1.73. The Balaban J connectivity index is 1.96. The Morgan fingerprint density at radius 1 is 1.60 bits per heavy atom. The number of hydrogen-bond donors (Lipinski definition) is 0. The van der Waals surface area contributed by atoms with Crippen molar-refractivity contribution in [3.8, 4) is 0 Å². The molecule has 0 aromatic heterocycles. The highest BCUT2D eigenvalue weighted by atomic mass is 16.5. The van der Waals surface area contributed by atoms with Crippen LogP contribution in [0.4, 0.5) is 0 Å². The van der Waals surface area contributed by atoms with Crippen molar-refractivity contribution in [2.75, 3.05) is 13.2 Å². The summed E-state index contributed by atoms with van der Waals surface area (Å²) in [4.78, 5) is 12.9. The number of nitrogens with zero attached hydrogens (tertiary/aromatic N) is 1. The first-order valence-electron chi connectivity index (χ1n) is 3.79. The van der Waals surface area contributed by atoms with E-state index >= 15 is 0 Å². The van der Waals surface area contributed by atoms with Crippen molar-refractivity contribution in [1.82, 2.24) is 4.90 Å². The molecule has 0 aromatic rings. The quantitative estimate of drug-likeness (QED) is 0.527. The molecular weight excluding hydrogens is 130 g/mol. The van der Waals surface area contributed by atoms with Crippen molar-refractivity contribution in [3.63, 3.8) is 0 Å². The maximum Gasteiger partial charge on any atom is 0.224 e. The van der Waals surface area contributed by atoms with Crippen LogP contribution in [0.15, 0.2) is 0 Å². The standard InChI is InChI=1S/C7H11NO2/c9-6-2-1-4-8(6)7-3-5-10-7/h7H,1-5H2. The van der Waals surface area contributed by atoms with Crippen LogP contribution in [0.1, 0.15) is 19.3 Å². The largest absolute Gasteiger partial charge is 0.358 e. The molecule has 0 saturated carbocycles. The Kier molecular flexibility index (Phi) is 1.38. The van der Waals surface area contributed by atoms with Crippen LogP contribution in [0.2, 0.25) is 0 Å². The highest BCUT2D eigenvalue weighted by molar-refractivity contribution is 5.78. The second kappa shape index (κ2) is 2.23. The van der Waals surface area contributed by atoms with Gasteiger partial charge in [-0.3, -0.25) is 4.79 Å². The number of ether oxygens (including phenoxy) is 1. The fourth-order valence-corrected chi connectivity index (χ4v) is 1.44. The summed E-state index contributed by atoms with van der Waals surface area (Å²) < 4.78 is 5.19. The Morgan fingerprint density at radius 3 is 2.80 bits per heavy atom. The molecule has 3 nitrogen and oxygen atoms in total. The Morgan fingerprint density at radius 2 is 2.40 bits per heavy atom. The molecule has 0 spiro atoms. The number of hydrogen-bond acceptors (Lipinski definition) is 2. The highest BCUT2D eigenvalue weighted by Gasteiger charge is 2.32. The normalized spacial score (nSPS) is 32.6. The van der Waals surface area contributed by atoms with E-state index in [2.05, 4.69) is 0 Å². The highest BCUT2D eigenvalue weighted by Crippen LogP contribution is 2.21. The van der Waals surface area contributed by atoms with Crippen molar-refractivity contribution in [3.05, 3.63) is 0 Å². The van der Waals surface area contributed by atoms with Crippen LogP contribution in [0.3, 0.4) is 0 Å². The van der Waals surface area contributed by atoms with E-state index in [9.17, 15) is 4.79 Å². The van der Waals surface area contributed by atoms with E-state index in [-0.39, 0.29) is 12.1 Å². The first kappa shape index (κ1) is 6.16. The first-order chi connectivity index (χ1) is 4.88. The van der Waals surface area contributed by atoms with E-state index in [4.69, 9.17) is 4.74 Å². The molecule has 2 saturated heterocycles. The zero-order valence-electron chi connectivity index (χ0n) is 5.88. The minimum absolute atomic E-state index is 0.134. The van der Waals surface area contributed by atoms with Crippen LogP contribution >= 0.6 is 0 Å². The number of rotatable bonds is 1. The summed E-state index contributed by atoms with van der Waals surface area (Å²) in [6, 6.07) is 0. The van der Waals surface area contributed by atoms with Gasteiger partial charge in [-0.1, -0.05) is 0 Å². The Hall–Kier alpha value is -0.570. The van der Waals surface area contributed by atoms with Gasteiger partial charge in [0.15, 0.2) is 0 Å². The predicted molar refractivity (Wildman–Crippen MR) is 35.3 cm³/mol. The van der Waals surface area contributed by atoms with Crippen molar-refractivity contribution in [2.24, 2.45) is 0 Å². The fourth-order valence-electron chi connectivity index (χ4n) is 1.44. The average Bonchev–Trinajstić information content (AvgIpc) is 2.12. The van der Waals surface area contributed by atoms with Crippen molar-refractivity contribution < 1.29 is 9.53 Å². The average molecular weight is 141 g/mol. The number of carbonyl (C=O) groups excluding carboxylic acids is 1. The third kappa shape index (κ3) is 0.814. The molecule has 3 heteroatoms. The molecule has 2 aliphatic rings. The van der Waals surface area contributed by atoms with Gasteiger partial charge in [-0.2, -0.15) is 0 Å². The number of carbonyl (C=O) groups is 1. The maximum absolute atomic E-state index is 11.1. The second-order valence-electron chi connectivity index (χ2n) is 2.80. The summed E-state index contributed by atoms with van der Waals surface area (Å²) in [5.41, 5.74) is 0. The number of amides is 1. The molecule has 2 heterocycles. The van der Waals surface area contributed by atoms with E-state index in [1.165, 1.54) is 0 Å². The van der Waals surface area contributed by atoms with Crippen LogP contribution in [0, 0.1) is 0 Å². The van der Waals surface area contributed by atoms with E-state index < -0.39 is 0 Å². The summed E-state index contributed by atoms with van der Waals surface area (Å²) >= 11 is 0. The van der Waals surface area contributed by atoms with Gasteiger partial charge < -0.3 is 9.64 Å². The summed E-state index contributed by atoms with van der Waals surface area (Å²) in [6.07, 6.45) is 2.90. The molecule has 2 aliphatic heterocycles. The molecule has 0 aliphatic carbocycles. The smallest absolute Gasteiger partial charge is 0.224 e. The summed E-state index contributed by atoms with van der Waals surface area (Å²) in [5, 5.41) is 0. The van der Waals surface area contributed by atoms with Crippen LogP contribution in [0.5, 0.6) is 0 Å². The van der Waals surface area contributed by atoms with Gasteiger partial charge in [0.05, 0.1) is 6.61 Å². The minimum atomic E-state index is 0.134. The molecule has 0 N–H and O–H groups in total. The van der Waals surface area contributed by atoms with Gasteiger partial charge in [-0.05, 0) is 6.42 Å². The molecular formula is C7H11NO2. The lowest BCUT2D eigenvalue weighted by molar-refractivity contribution is -0.163. The van der Waals surface area contributed by atoms with E-state index in [1.807, 2.05) is 4.90 Å². The summed E-state index contributed by atoms with van der Waals surface area (Å²) in [5.74, 6) is 0.268. The van der Waals surface area contributed by atoms with Gasteiger partial charge in [0.1, 0.15) is 6.23 Å². The monoisotopic (exact) mass is 141 g/mol. The third-order valence-corrected chi connectivity index (χ3v) is 2.13. The van der Waals surface area contributed by atoms with Crippen LogP contribution < -0.4 is 0 Å². The van der Waals surface area contributed by atoms with Crippen LogP contribution in [-0.2, 0) is 9.53 Å². The molecule has 1 atom stereocenters. The molecule has 0 radical (unpaired) electrons. The van der Waals surface area contributed by atoms with Crippen LogP contribution in [0.25, 0.3) is 0 Å². The summed E-state index contributed by atoms with van der Waals surface area (Å²) in [7, 11) is 0. The van der Waals surface area contributed by atoms with Gasteiger partial charge in [0.2, 0.25) is 5.91 Å². The van der Waals surface area contributed by atoms with Crippen LogP contribution in [-0.4, -0.2) is 30.2 Å². The number of likely N-dealkylation sites (tertiary alicyclic amines) is 1. The molecule has 10 heavy (non-hydrogen) atoms. The molecule has 0 aromatic carbocycles. The lowest BCUT2D eigenvalue weighted by Crippen LogP contribution is -2.45. The fraction of sp³-hybridized carbons (Fsp3) is 0.857. The van der Waals surface area contributed by atoms with Gasteiger partial charge >= 0.3 is 0 Å². The lowest BCUT2D eigenvalue weighted by atomic mass is 10.3. The third-order valence-electron chi connectivity index (χ3n) is 2.13. The lowest BCUT2D eigenvalue weighted by Gasteiger charge is -2.34. The van der Waals surface area contributed by atoms with Gasteiger partial charge in [0.25, 0.3) is 0 Å². The van der Waals surface area contributed by atoms with Gasteiger partial charge in [0, 0.05) is 19.4 Å². The molecule has 2 rings (SSSR count). The van der Waals surface area contributed by atoms with Gasteiger partial charge in [-0.15, -0.1) is 0 Å². The van der Waals surface area contributed by atoms with E-state index in [1.54, 1.807) is 0 Å². The van der Waals surface area contributed by atoms with E-state index in [0.29, 0.717) is 0 Å². The Bertz CT molecular complexity index is 154.